The predicted molar refractivity (Wildman–Crippen MR) is 97.0 cm³/mol. The van der Waals surface area contributed by atoms with Gasteiger partial charge in [-0.25, -0.2) is 0 Å². The van der Waals surface area contributed by atoms with Gasteiger partial charge in [0.1, 0.15) is 5.58 Å². The first-order chi connectivity index (χ1) is 12.0. The van der Waals surface area contributed by atoms with Crippen LogP contribution in [-0.4, -0.2) is 49.4 Å². The van der Waals surface area contributed by atoms with Gasteiger partial charge in [-0.3, -0.25) is 14.5 Å². The van der Waals surface area contributed by atoms with Crippen LogP contribution in [0.5, 0.6) is 0 Å². The molecular formula is C18H22ClN3O3. The number of furan rings is 1. The van der Waals surface area contributed by atoms with E-state index in [0.29, 0.717) is 22.9 Å². The molecule has 3 rings (SSSR count). The molecule has 0 atom stereocenters. The third-order valence-corrected chi connectivity index (χ3v) is 4.91. The Labute approximate surface area is 151 Å². The van der Waals surface area contributed by atoms with Crippen LogP contribution in [0, 0.1) is 6.92 Å². The van der Waals surface area contributed by atoms with Gasteiger partial charge >= 0.3 is 0 Å². The monoisotopic (exact) mass is 363 g/mol. The topological polar surface area (TPSA) is 74.6 Å². The zero-order valence-corrected chi connectivity index (χ0v) is 15.2. The van der Waals surface area contributed by atoms with E-state index in [9.17, 15) is 9.59 Å². The molecule has 7 heteroatoms. The minimum Gasteiger partial charge on any atom is -0.451 e. The molecule has 6 nitrogen and oxygen atoms in total. The van der Waals surface area contributed by atoms with Gasteiger partial charge in [0.05, 0.1) is 6.54 Å². The van der Waals surface area contributed by atoms with Crippen LogP contribution in [0.15, 0.2) is 22.6 Å². The second-order valence-corrected chi connectivity index (χ2v) is 6.83. The number of hydrogen-bond donors (Lipinski definition) is 2. The van der Waals surface area contributed by atoms with Gasteiger partial charge < -0.3 is 15.1 Å². The van der Waals surface area contributed by atoms with Crippen molar-refractivity contribution < 1.29 is 14.0 Å². The van der Waals surface area contributed by atoms with Crippen LogP contribution in [-0.2, 0) is 4.79 Å². The zero-order chi connectivity index (χ0) is 18.0. The van der Waals surface area contributed by atoms with Crippen molar-refractivity contribution in [2.75, 3.05) is 26.7 Å². The number of benzene rings is 1. The second kappa shape index (κ2) is 7.45. The van der Waals surface area contributed by atoms with Gasteiger partial charge in [-0.1, -0.05) is 11.6 Å². The largest absolute Gasteiger partial charge is 0.451 e. The predicted octanol–water partition coefficient (Wildman–Crippen LogP) is 2.33. The number of fused-ring (bicyclic) bond motifs is 1. The Morgan fingerprint density at radius 3 is 2.72 bits per heavy atom. The normalized spacial score (nSPS) is 16.1. The molecule has 2 N–H and O–H groups in total. The van der Waals surface area contributed by atoms with E-state index < -0.39 is 0 Å². The quantitative estimate of drug-likeness (QED) is 0.874. The summed E-state index contributed by atoms with van der Waals surface area (Å²) < 4.78 is 5.71. The van der Waals surface area contributed by atoms with Crippen LogP contribution in [0.25, 0.3) is 11.0 Å². The van der Waals surface area contributed by atoms with Gasteiger partial charge in [-0.05, 0) is 38.0 Å². The fourth-order valence-corrected chi connectivity index (χ4v) is 3.35. The molecule has 1 aliphatic heterocycles. The molecule has 0 bridgehead atoms. The highest BCUT2D eigenvalue weighted by Crippen LogP contribution is 2.28. The van der Waals surface area contributed by atoms with Crippen molar-refractivity contribution >= 4 is 34.4 Å². The summed E-state index contributed by atoms with van der Waals surface area (Å²) in [6.07, 6.45) is 1.63. The summed E-state index contributed by atoms with van der Waals surface area (Å²) in [6, 6.07) is 5.42. The van der Waals surface area contributed by atoms with E-state index in [0.717, 1.165) is 36.9 Å². The fraction of sp³-hybridized carbons (Fsp3) is 0.444. The molecule has 0 spiro atoms. The lowest BCUT2D eigenvalue weighted by Gasteiger charge is -2.31. The minimum atomic E-state index is -0.199. The highest BCUT2D eigenvalue weighted by molar-refractivity contribution is 6.31. The van der Waals surface area contributed by atoms with Gasteiger partial charge in [0.15, 0.2) is 5.76 Å². The molecule has 1 aromatic carbocycles. The number of halogens is 1. The van der Waals surface area contributed by atoms with Crippen molar-refractivity contribution in [3.05, 3.63) is 34.5 Å². The number of piperidine rings is 1. The molecule has 0 aliphatic carbocycles. The average Bonchev–Trinajstić information content (AvgIpc) is 2.93. The summed E-state index contributed by atoms with van der Waals surface area (Å²) >= 11 is 6.02. The van der Waals surface area contributed by atoms with E-state index in [4.69, 9.17) is 16.0 Å². The number of nitrogens with one attached hydrogen (secondary N) is 2. The molecule has 25 heavy (non-hydrogen) atoms. The molecule has 1 aromatic heterocycles. The van der Waals surface area contributed by atoms with Crippen LogP contribution in [0.4, 0.5) is 0 Å². The molecule has 0 unspecified atom stereocenters. The number of likely N-dealkylation sites (tertiary alicyclic amines) is 1. The van der Waals surface area contributed by atoms with Gasteiger partial charge in [0.25, 0.3) is 5.91 Å². The Bertz CT molecular complexity index is 794. The molecule has 1 aliphatic rings. The van der Waals surface area contributed by atoms with Gasteiger partial charge in [-0.15, -0.1) is 0 Å². The number of carbonyl (C=O) groups excluding carboxylic acids is 2. The highest BCUT2D eigenvalue weighted by atomic mass is 35.5. The Balaban J connectivity index is 1.62. The maximum Gasteiger partial charge on any atom is 0.287 e. The van der Waals surface area contributed by atoms with E-state index in [-0.39, 0.29) is 17.9 Å². The summed E-state index contributed by atoms with van der Waals surface area (Å²) in [6.45, 7) is 3.84. The van der Waals surface area contributed by atoms with Crippen molar-refractivity contribution in [1.29, 1.82) is 0 Å². The van der Waals surface area contributed by atoms with E-state index in [1.165, 1.54) is 0 Å². The van der Waals surface area contributed by atoms with Crippen LogP contribution in [0.3, 0.4) is 0 Å². The van der Waals surface area contributed by atoms with E-state index in [2.05, 4.69) is 15.5 Å². The third kappa shape index (κ3) is 3.96. The lowest BCUT2D eigenvalue weighted by atomic mass is 10.0. The summed E-state index contributed by atoms with van der Waals surface area (Å²) in [5.74, 6) is 0.152. The molecule has 2 amide bonds. The number of nitrogens with zero attached hydrogens (tertiary/aromatic N) is 1. The standard InChI is InChI=1S/C18H22ClN3O3/c1-11-14-9-12(19)3-4-15(14)25-17(11)18(24)21-13-5-7-22(8-6-13)10-16(23)20-2/h3-4,9,13H,5-8,10H2,1-2H3,(H,20,23)(H,21,24). The highest BCUT2D eigenvalue weighted by Gasteiger charge is 2.24. The van der Waals surface area contributed by atoms with Crippen molar-refractivity contribution in [1.82, 2.24) is 15.5 Å². The van der Waals surface area contributed by atoms with Crippen LogP contribution in [0.1, 0.15) is 29.0 Å². The van der Waals surface area contributed by atoms with Crippen molar-refractivity contribution in [2.45, 2.75) is 25.8 Å². The Morgan fingerprint density at radius 1 is 1.32 bits per heavy atom. The zero-order valence-electron chi connectivity index (χ0n) is 14.4. The lowest BCUT2D eigenvalue weighted by molar-refractivity contribution is -0.122. The summed E-state index contributed by atoms with van der Waals surface area (Å²) in [7, 11) is 1.64. The van der Waals surface area contributed by atoms with Crippen molar-refractivity contribution in [3.63, 3.8) is 0 Å². The first-order valence-corrected chi connectivity index (χ1v) is 8.78. The molecule has 0 radical (unpaired) electrons. The summed E-state index contributed by atoms with van der Waals surface area (Å²) in [4.78, 5) is 26.1. The molecule has 2 aromatic rings. The Kier molecular flexibility index (Phi) is 5.30. The smallest absolute Gasteiger partial charge is 0.287 e. The Hall–Kier alpha value is -2.05. The van der Waals surface area contributed by atoms with Gasteiger partial charge in [-0.2, -0.15) is 0 Å². The molecule has 1 saturated heterocycles. The average molecular weight is 364 g/mol. The lowest BCUT2D eigenvalue weighted by Crippen LogP contribution is -2.47. The number of carbonyl (C=O) groups is 2. The molecule has 2 heterocycles. The molecular weight excluding hydrogens is 342 g/mol. The minimum absolute atomic E-state index is 0.0130. The number of hydrogen-bond acceptors (Lipinski definition) is 4. The summed E-state index contributed by atoms with van der Waals surface area (Å²) in [5.41, 5.74) is 1.46. The SMILES string of the molecule is CNC(=O)CN1CCC(NC(=O)c2oc3ccc(Cl)cc3c2C)CC1. The second-order valence-electron chi connectivity index (χ2n) is 6.39. The maximum atomic E-state index is 12.6. The number of rotatable bonds is 4. The van der Waals surface area contributed by atoms with Gasteiger partial charge in [0.2, 0.25) is 5.91 Å². The van der Waals surface area contributed by atoms with E-state index in [1.807, 2.05) is 13.0 Å². The van der Waals surface area contributed by atoms with Gasteiger partial charge in [0, 0.05) is 42.2 Å². The first-order valence-electron chi connectivity index (χ1n) is 8.40. The van der Waals surface area contributed by atoms with Crippen molar-refractivity contribution in [2.24, 2.45) is 0 Å². The van der Waals surface area contributed by atoms with Crippen LogP contribution in [0.2, 0.25) is 5.02 Å². The first kappa shape index (κ1) is 17.8. The molecule has 134 valence electrons. The fourth-order valence-electron chi connectivity index (χ4n) is 3.18. The number of aryl methyl sites for hydroxylation is 1. The van der Waals surface area contributed by atoms with Crippen molar-refractivity contribution in [3.8, 4) is 0 Å². The van der Waals surface area contributed by atoms with Crippen LogP contribution < -0.4 is 10.6 Å². The molecule has 1 fully saturated rings. The third-order valence-electron chi connectivity index (χ3n) is 4.67. The molecule has 0 saturated carbocycles. The summed E-state index contributed by atoms with van der Waals surface area (Å²) in [5, 5.41) is 7.15. The Morgan fingerprint density at radius 2 is 2.04 bits per heavy atom. The van der Waals surface area contributed by atoms with Crippen LogP contribution >= 0.6 is 11.6 Å². The maximum absolute atomic E-state index is 12.6. The van der Waals surface area contributed by atoms with E-state index in [1.54, 1.807) is 19.2 Å². The number of amides is 2. The van der Waals surface area contributed by atoms with E-state index >= 15 is 0 Å². The number of likely N-dealkylation sites (N-methyl/N-ethyl adjacent to an activating group) is 1.